The Kier molecular flexibility index (Phi) is 6.77. The van der Waals surface area contributed by atoms with Gasteiger partial charge in [-0.05, 0) is 56.9 Å². The number of halogens is 2. The molecular formula is C21H24F2N6OS. The Bertz CT molecular complexity index is 1050. The number of carbonyl (C=O) groups excluding carboxylic acids is 1. The third-order valence-electron chi connectivity index (χ3n) is 5.55. The fourth-order valence-corrected chi connectivity index (χ4v) is 4.55. The molecule has 7 nitrogen and oxygen atoms in total. The van der Waals surface area contributed by atoms with Gasteiger partial charge in [0.1, 0.15) is 23.4 Å². The molecule has 1 saturated carbocycles. The van der Waals surface area contributed by atoms with Crippen molar-refractivity contribution in [1.82, 2.24) is 25.7 Å². The van der Waals surface area contributed by atoms with E-state index in [-0.39, 0.29) is 17.9 Å². The molecular weight excluding hydrogens is 422 g/mol. The minimum absolute atomic E-state index is 0.0448. The van der Waals surface area contributed by atoms with Crippen LogP contribution in [0, 0.1) is 12.8 Å². The molecule has 1 aliphatic rings. The van der Waals surface area contributed by atoms with E-state index in [1.807, 2.05) is 25.1 Å². The molecule has 0 unspecified atom stereocenters. The molecule has 2 N–H and O–H groups in total. The Morgan fingerprint density at radius 1 is 1.10 bits per heavy atom. The molecule has 0 atom stereocenters. The van der Waals surface area contributed by atoms with Gasteiger partial charge in [-0.3, -0.25) is 4.79 Å². The summed E-state index contributed by atoms with van der Waals surface area (Å²) >= 11 is 1.51. The average molecular weight is 447 g/mol. The molecule has 0 radical (unpaired) electrons. The smallest absolute Gasteiger partial charge is 0.228 e. The van der Waals surface area contributed by atoms with Crippen LogP contribution in [0.25, 0.3) is 21.5 Å². The van der Waals surface area contributed by atoms with Crippen LogP contribution in [0.15, 0.2) is 24.3 Å². The quantitative estimate of drug-likeness (QED) is 0.573. The number of carbonyl (C=O) groups is 1. The SMILES string of the molecule is Cc1nnc(-c2ccc3nnc(NC(=O)C4CCC(NC(CF)CF)CC4)cc3c2)s1. The van der Waals surface area contributed by atoms with Gasteiger partial charge in [-0.15, -0.1) is 20.4 Å². The first-order chi connectivity index (χ1) is 15.1. The maximum Gasteiger partial charge on any atom is 0.228 e. The maximum absolute atomic E-state index is 12.7. The van der Waals surface area contributed by atoms with Gasteiger partial charge in [0.2, 0.25) is 5.91 Å². The summed E-state index contributed by atoms with van der Waals surface area (Å²) in [4.78, 5) is 12.7. The Morgan fingerprint density at radius 2 is 1.87 bits per heavy atom. The zero-order valence-electron chi connectivity index (χ0n) is 17.1. The largest absolute Gasteiger partial charge is 0.309 e. The second-order valence-electron chi connectivity index (χ2n) is 7.84. The lowest BCUT2D eigenvalue weighted by atomic mass is 9.85. The van der Waals surface area contributed by atoms with E-state index in [4.69, 9.17) is 0 Å². The standard InChI is InChI=1S/C21H24F2N6OS/c1-12-26-29-21(31-12)14-4-7-18-15(8-14)9-19(28-27-18)25-20(30)13-2-5-16(6-3-13)24-17(10-22)11-23/h4,7-9,13,16-17,24H,2-3,5-6,10-11H2,1H3,(H,25,28,30). The molecule has 10 heteroatoms. The summed E-state index contributed by atoms with van der Waals surface area (Å²) in [6.07, 6.45) is 2.75. The van der Waals surface area contributed by atoms with E-state index >= 15 is 0 Å². The normalized spacial score (nSPS) is 19.1. The minimum Gasteiger partial charge on any atom is -0.309 e. The maximum atomic E-state index is 12.7. The average Bonchev–Trinajstić information content (AvgIpc) is 3.23. The molecule has 1 aromatic carbocycles. The Hall–Kier alpha value is -2.59. The summed E-state index contributed by atoms with van der Waals surface area (Å²) < 4.78 is 25.4. The van der Waals surface area contributed by atoms with Gasteiger partial charge in [-0.1, -0.05) is 11.3 Å². The molecule has 0 bridgehead atoms. The molecule has 0 spiro atoms. The molecule has 31 heavy (non-hydrogen) atoms. The molecule has 1 aliphatic carbocycles. The van der Waals surface area contributed by atoms with E-state index < -0.39 is 19.4 Å². The summed E-state index contributed by atoms with van der Waals surface area (Å²) in [5.41, 5.74) is 1.67. The highest BCUT2D eigenvalue weighted by molar-refractivity contribution is 7.14. The minimum atomic E-state index is -0.753. The van der Waals surface area contributed by atoms with E-state index in [9.17, 15) is 13.6 Å². The van der Waals surface area contributed by atoms with Crippen LogP contribution in [0.2, 0.25) is 0 Å². The predicted octanol–water partition coefficient (Wildman–Crippen LogP) is 3.85. The van der Waals surface area contributed by atoms with Crippen LogP contribution < -0.4 is 10.6 Å². The van der Waals surface area contributed by atoms with Crippen molar-refractivity contribution < 1.29 is 13.6 Å². The first-order valence-corrected chi connectivity index (χ1v) is 11.1. The summed E-state index contributed by atoms with van der Waals surface area (Å²) in [5, 5.41) is 25.0. The fourth-order valence-electron chi connectivity index (χ4n) is 3.87. The number of hydrogen-bond acceptors (Lipinski definition) is 7. The molecule has 0 aliphatic heterocycles. The van der Waals surface area contributed by atoms with Gasteiger partial charge in [-0.25, -0.2) is 8.78 Å². The molecule has 2 aromatic heterocycles. The molecule has 164 valence electrons. The number of hydrogen-bond donors (Lipinski definition) is 2. The van der Waals surface area contributed by atoms with Gasteiger partial charge < -0.3 is 10.6 Å². The van der Waals surface area contributed by atoms with Gasteiger partial charge >= 0.3 is 0 Å². The first-order valence-electron chi connectivity index (χ1n) is 10.3. The van der Waals surface area contributed by atoms with Crippen LogP contribution in [0.5, 0.6) is 0 Å². The van der Waals surface area contributed by atoms with E-state index in [0.717, 1.165) is 26.5 Å². The summed E-state index contributed by atoms with van der Waals surface area (Å²) in [7, 11) is 0. The number of amides is 1. The predicted molar refractivity (Wildman–Crippen MR) is 116 cm³/mol. The van der Waals surface area contributed by atoms with Crippen LogP contribution in [-0.4, -0.2) is 51.7 Å². The second-order valence-corrected chi connectivity index (χ2v) is 9.02. The van der Waals surface area contributed by atoms with Gasteiger partial charge in [0.25, 0.3) is 0 Å². The molecule has 0 saturated heterocycles. The van der Waals surface area contributed by atoms with Crippen molar-refractivity contribution in [1.29, 1.82) is 0 Å². The van der Waals surface area contributed by atoms with Crippen molar-refractivity contribution in [2.45, 2.75) is 44.7 Å². The lowest BCUT2D eigenvalue weighted by Gasteiger charge is -2.30. The third-order valence-corrected chi connectivity index (χ3v) is 6.44. The Morgan fingerprint density at radius 3 is 2.55 bits per heavy atom. The summed E-state index contributed by atoms with van der Waals surface area (Å²) in [6, 6.07) is 6.86. The van der Waals surface area contributed by atoms with Crippen LogP contribution in [0.4, 0.5) is 14.6 Å². The molecule has 1 fully saturated rings. The highest BCUT2D eigenvalue weighted by atomic mass is 32.1. The third kappa shape index (κ3) is 5.19. The number of aromatic nitrogens is 4. The number of aryl methyl sites for hydroxylation is 1. The zero-order chi connectivity index (χ0) is 21.8. The molecule has 1 amide bonds. The highest BCUT2D eigenvalue weighted by Crippen LogP contribution is 2.28. The number of benzene rings is 1. The Labute approximate surface area is 182 Å². The van der Waals surface area contributed by atoms with E-state index in [2.05, 4.69) is 31.0 Å². The lowest BCUT2D eigenvalue weighted by Crippen LogP contribution is -2.44. The number of nitrogens with one attached hydrogen (secondary N) is 2. The van der Waals surface area contributed by atoms with Gasteiger partial charge in [0.15, 0.2) is 5.82 Å². The van der Waals surface area contributed by atoms with Crippen LogP contribution in [0.3, 0.4) is 0 Å². The molecule has 4 rings (SSSR count). The van der Waals surface area contributed by atoms with E-state index in [1.54, 1.807) is 6.07 Å². The van der Waals surface area contributed by atoms with Gasteiger partial charge in [0, 0.05) is 22.9 Å². The summed E-state index contributed by atoms with van der Waals surface area (Å²) in [6.45, 7) is 0.459. The topological polar surface area (TPSA) is 92.7 Å². The first kappa shape index (κ1) is 21.6. The van der Waals surface area contributed by atoms with Crippen LogP contribution >= 0.6 is 11.3 Å². The number of alkyl halides is 2. The van der Waals surface area contributed by atoms with Crippen molar-refractivity contribution in [3.05, 3.63) is 29.3 Å². The highest BCUT2D eigenvalue weighted by Gasteiger charge is 2.27. The van der Waals surface area contributed by atoms with Crippen molar-refractivity contribution >= 4 is 34.0 Å². The zero-order valence-corrected chi connectivity index (χ0v) is 18.0. The van der Waals surface area contributed by atoms with Crippen molar-refractivity contribution in [2.24, 2.45) is 5.92 Å². The molecule has 3 aromatic rings. The monoisotopic (exact) mass is 446 g/mol. The second kappa shape index (κ2) is 9.69. The Balaban J connectivity index is 1.39. The molecule has 2 heterocycles. The number of anilines is 1. The van der Waals surface area contributed by atoms with E-state index in [1.165, 1.54) is 11.3 Å². The van der Waals surface area contributed by atoms with Crippen molar-refractivity contribution in [3.63, 3.8) is 0 Å². The van der Waals surface area contributed by atoms with E-state index in [0.29, 0.717) is 31.5 Å². The number of rotatable bonds is 7. The lowest BCUT2D eigenvalue weighted by molar-refractivity contribution is -0.120. The van der Waals surface area contributed by atoms with Crippen LogP contribution in [0.1, 0.15) is 30.7 Å². The van der Waals surface area contributed by atoms with Gasteiger partial charge in [-0.2, -0.15) is 0 Å². The van der Waals surface area contributed by atoms with Gasteiger partial charge in [0.05, 0.1) is 11.6 Å². The van der Waals surface area contributed by atoms with Crippen molar-refractivity contribution in [2.75, 3.05) is 18.7 Å². The van der Waals surface area contributed by atoms with Crippen LogP contribution in [-0.2, 0) is 4.79 Å². The number of fused-ring (bicyclic) bond motifs is 1. The fraction of sp³-hybridized carbons (Fsp3) is 0.476. The summed E-state index contributed by atoms with van der Waals surface area (Å²) in [5.74, 6) is 0.147. The number of nitrogens with zero attached hydrogens (tertiary/aromatic N) is 4. The van der Waals surface area contributed by atoms with Crippen molar-refractivity contribution in [3.8, 4) is 10.6 Å².